The molecule has 1 heterocycles. The van der Waals surface area contributed by atoms with Crippen LogP contribution in [-0.4, -0.2) is 15.6 Å². The lowest BCUT2D eigenvalue weighted by Crippen LogP contribution is -2.28. The average Bonchev–Trinajstić information content (AvgIpc) is 3.09. The summed E-state index contributed by atoms with van der Waals surface area (Å²) < 4.78 is 2.16. The number of carbonyl (C=O) groups is 1. The van der Waals surface area contributed by atoms with Crippen molar-refractivity contribution in [1.82, 2.24) is 14.9 Å². The van der Waals surface area contributed by atoms with Gasteiger partial charge in [0.1, 0.15) is 5.82 Å². The molecule has 0 spiro atoms. The Morgan fingerprint density at radius 2 is 1.60 bits per heavy atom. The molecule has 0 aliphatic carbocycles. The van der Waals surface area contributed by atoms with Crippen LogP contribution in [0.15, 0.2) is 72.8 Å². The van der Waals surface area contributed by atoms with Gasteiger partial charge in [0, 0.05) is 25.7 Å². The molecule has 0 radical (unpaired) electrons. The van der Waals surface area contributed by atoms with Crippen molar-refractivity contribution >= 4 is 22.8 Å². The topological polar surface area (TPSA) is 59.0 Å². The van der Waals surface area contributed by atoms with E-state index in [9.17, 15) is 4.79 Å². The summed E-state index contributed by atoms with van der Waals surface area (Å²) in [6.07, 6.45) is 1.77. The van der Waals surface area contributed by atoms with E-state index in [1.54, 1.807) is 0 Å². The Morgan fingerprint density at radius 3 is 2.33 bits per heavy atom. The Morgan fingerprint density at radius 1 is 0.900 bits per heavy atom. The zero-order valence-electron chi connectivity index (χ0n) is 17.4. The second-order valence-electron chi connectivity index (χ2n) is 7.57. The second kappa shape index (κ2) is 8.82. The molecule has 0 saturated carbocycles. The quantitative estimate of drug-likeness (QED) is 0.481. The number of para-hydroxylation sites is 2. The molecular weight excluding hydrogens is 372 g/mol. The molecule has 30 heavy (non-hydrogen) atoms. The molecule has 0 aliphatic heterocycles. The molecule has 0 aliphatic rings. The van der Waals surface area contributed by atoms with Gasteiger partial charge in [0.15, 0.2) is 0 Å². The molecule has 0 bridgehead atoms. The first-order chi connectivity index (χ1) is 14.6. The zero-order valence-corrected chi connectivity index (χ0v) is 17.4. The van der Waals surface area contributed by atoms with Crippen molar-refractivity contribution in [2.75, 3.05) is 5.32 Å². The van der Waals surface area contributed by atoms with Gasteiger partial charge in [0.25, 0.3) is 0 Å². The normalized spacial score (nSPS) is 10.9. The van der Waals surface area contributed by atoms with Gasteiger partial charge in [-0.3, -0.25) is 0 Å². The maximum absolute atomic E-state index is 12.1. The molecule has 2 N–H and O–H groups in total. The van der Waals surface area contributed by atoms with Gasteiger partial charge in [-0.25, -0.2) is 9.78 Å². The highest BCUT2D eigenvalue weighted by atomic mass is 16.2. The van der Waals surface area contributed by atoms with Crippen LogP contribution in [0.25, 0.3) is 11.0 Å². The Kier molecular flexibility index (Phi) is 5.80. The van der Waals surface area contributed by atoms with E-state index in [4.69, 9.17) is 4.98 Å². The summed E-state index contributed by atoms with van der Waals surface area (Å²) in [5.74, 6) is 1.08. The molecule has 0 unspecified atom stereocenters. The van der Waals surface area contributed by atoms with Crippen molar-refractivity contribution < 1.29 is 4.79 Å². The number of fused-ring (bicyclic) bond motifs is 1. The van der Waals surface area contributed by atoms with Crippen LogP contribution in [0.4, 0.5) is 10.5 Å². The number of amides is 2. The van der Waals surface area contributed by atoms with Crippen LogP contribution in [0.5, 0.6) is 0 Å². The maximum atomic E-state index is 12.1. The predicted octanol–water partition coefficient (Wildman–Crippen LogP) is 4.99. The molecule has 0 fully saturated rings. The molecule has 4 rings (SSSR count). The van der Waals surface area contributed by atoms with E-state index in [1.807, 2.05) is 61.5 Å². The van der Waals surface area contributed by atoms with Gasteiger partial charge in [-0.2, -0.15) is 0 Å². The van der Waals surface area contributed by atoms with Crippen LogP contribution in [0, 0.1) is 6.92 Å². The number of aryl methyl sites for hydroxylation is 4. The second-order valence-corrected chi connectivity index (χ2v) is 7.57. The SMILES string of the molecule is Cc1ccc(CNC(=O)Nc2ccc(CCc3nc4ccccc4n3C)cc2)cc1. The molecule has 2 amide bonds. The lowest BCUT2D eigenvalue weighted by atomic mass is 10.1. The number of nitrogens with zero attached hydrogens (tertiary/aromatic N) is 2. The molecule has 4 aromatic rings. The molecule has 3 aromatic carbocycles. The molecule has 152 valence electrons. The minimum absolute atomic E-state index is 0.206. The number of rotatable bonds is 6. The van der Waals surface area contributed by atoms with Crippen molar-refractivity contribution in [3.05, 3.63) is 95.3 Å². The van der Waals surface area contributed by atoms with Crippen molar-refractivity contribution in [3.63, 3.8) is 0 Å². The number of imidazole rings is 1. The van der Waals surface area contributed by atoms with Crippen LogP contribution in [0.3, 0.4) is 0 Å². The summed E-state index contributed by atoms with van der Waals surface area (Å²) in [6, 6.07) is 24.1. The van der Waals surface area contributed by atoms with E-state index >= 15 is 0 Å². The van der Waals surface area contributed by atoms with Crippen LogP contribution in [0.1, 0.15) is 22.5 Å². The van der Waals surface area contributed by atoms with Crippen molar-refractivity contribution in [1.29, 1.82) is 0 Å². The smallest absolute Gasteiger partial charge is 0.319 e. The highest BCUT2D eigenvalue weighted by Gasteiger charge is 2.07. The standard InChI is InChI=1S/C25H26N4O/c1-18-7-9-20(10-8-18)17-26-25(30)27-21-14-11-19(12-15-21)13-16-24-28-22-5-3-4-6-23(22)29(24)2/h3-12,14-15H,13,16-17H2,1-2H3,(H2,26,27,30). The van der Waals surface area contributed by atoms with E-state index in [0.29, 0.717) is 6.54 Å². The first-order valence-corrected chi connectivity index (χ1v) is 10.2. The molecular formula is C25H26N4O. The maximum Gasteiger partial charge on any atom is 0.319 e. The third kappa shape index (κ3) is 4.69. The molecule has 0 saturated heterocycles. The monoisotopic (exact) mass is 398 g/mol. The van der Waals surface area contributed by atoms with Gasteiger partial charge in [-0.1, -0.05) is 54.1 Å². The summed E-state index contributed by atoms with van der Waals surface area (Å²) in [6.45, 7) is 2.55. The lowest BCUT2D eigenvalue weighted by molar-refractivity contribution is 0.251. The Balaban J connectivity index is 1.29. The van der Waals surface area contributed by atoms with Gasteiger partial charge in [-0.05, 0) is 48.7 Å². The van der Waals surface area contributed by atoms with Crippen molar-refractivity contribution in [2.45, 2.75) is 26.3 Å². The van der Waals surface area contributed by atoms with Gasteiger partial charge in [0.2, 0.25) is 0 Å². The number of anilines is 1. The molecule has 1 aromatic heterocycles. The number of urea groups is 1. The lowest BCUT2D eigenvalue weighted by Gasteiger charge is -2.09. The minimum atomic E-state index is -0.206. The van der Waals surface area contributed by atoms with E-state index in [-0.39, 0.29) is 6.03 Å². The Hall–Kier alpha value is -3.60. The molecule has 5 heteroatoms. The minimum Gasteiger partial charge on any atom is -0.334 e. The molecule has 0 atom stereocenters. The zero-order chi connectivity index (χ0) is 20.9. The van der Waals surface area contributed by atoms with E-state index in [1.165, 1.54) is 11.1 Å². The highest BCUT2D eigenvalue weighted by Crippen LogP contribution is 2.17. The number of carbonyl (C=O) groups excluding carboxylic acids is 1. The first-order valence-electron chi connectivity index (χ1n) is 10.2. The number of nitrogens with one attached hydrogen (secondary N) is 2. The van der Waals surface area contributed by atoms with E-state index < -0.39 is 0 Å². The molecule has 5 nitrogen and oxygen atoms in total. The van der Waals surface area contributed by atoms with E-state index in [0.717, 1.165) is 41.0 Å². The van der Waals surface area contributed by atoms with E-state index in [2.05, 4.69) is 40.4 Å². The van der Waals surface area contributed by atoms with Crippen LogP contribution >= 0.6 is 0 Å². The highest BCUT2D eigenvalue weighted by molar-refractivity contribution is 5.89. The third-order valence-electron chi connectivity index (χ3n) is 5.30. The Labute approximate surface area is 176 Å². The van der Waals surface area contributed by atoms with Gasteiger partial charge in [0.05, 0.1) is 11.0 Å². The van der Waals surface area contributed by atoms with Gasteiger partial charge in [-0.15, -0.1) is 0 Å². The van der Waals surface area contributed by atoms with Gasteiger partial charge < -0.3 is 15.2 Å². The van der Waals surface area contributed by atoms with Crippen LogP contribution in [0.2, 0.25) is 0 Å². The summed E-state index contributed by atoms with van der Waals surface area (Å²) in [5, 5.41) is 5.77. The number of hydrogen-bond donors (Lipinski definition) is 2. The number of hydrogen-bond acceptors (Lipinski definition) is 2. The largest absolute Gasteiger partial charge is 0.334 e. The predicted molar refractivity (Wildman–Crippen MR) is 122 cm³/mol. The van der Waals surface area contributed by atoms with Crippen LogP contribution in [-0.2, 0) is 26.4 Å². The summed E-state index contributed by atoms with van der Waals surface area (Å²) in [7, 11) is 2.06. The Bertz CT molecular complexity index is 1140. The number of benzene rings is 3. The fraction of sp³-hybridized carbons (Fsp3) is 0.200. The summed E-state index contributed by atoms with van der Waals surface area (Å²) >= 11 is 0. The van der Waals surface area contributed by atoms with Gasteiger partial charge >= 0.3 is 6.03 Å². The fourth-order valence-electron chi connectivity index (χ4n) is 3.49. The van der Waals surface area contributed by atoms with Crippen molar-refractivity contribution in [2.24, 2.45) is 7.05 Å². The van der Waals surface area contributed by atoms with Crippen LogP contribution < -0.4 is 10.6 Å². The third-order valence-corrected chi connectivity index (χ3v) is 5.30. The first kappa shape index (κ1) is 19.7. The summed E-state index contributed by atoms with van der Waals surface area (Å²) in [5.41, 5.74) is 6.47. The fourth-order valence-corrected chi connectivity index (χ4v) is 3.49. The summed E-state index contributed by atoms with van der Waals surface area (Å²) in [4.78, 5) is 16.9. The number of aromatic nitrogens is 2. The average molecular weight is 399 g/mol. The van der Waals surface area contributed by atoms with Crippen molar-refractivity contribution in [3.8, 4) is 0 Å².